The highest BCUT2D eigenvalue weighted by molar-refractivity contribution is 5.97. The van der Waals surface area contributed by atoms with E-state index in [-0.39, 0.29) is 24.7 Å². The van der Waals surface area contributed by atoms with E-state index < -0.39 is 0 Å². The topological polar surface area (TPSA) is 115 Å². The maximum Gasteiger partial charge on any atom is 0.266 e. The van der Waals surface area contributed by atoms with Gasteiger partial charge in [-0.3, -0.25) is 9.69 Å². The number of piperazine rings is 1. The molecule has 1 amide bonds. The van der Waals surface area contributed by atoms with E-state index in [9.17, 15) is 4.79 Å². The lowest BCUT2D eigenvalue weighted by Gasteiger charge is -2.34. The molecule has 0 unspecified atom stereocenters. The molecule has 0 saturated carbocycles. The number of nitriles is 1. The van der Waals surface area contributed by atoms with Crippen LogP contribution in [0.3, 0.4) is 0 Å². The summed E-state index contributed by atoms with van der Waals surface area (Å²) in [5.74, 6) is -0.251. The van der Waals surface area contributed by atoms with Crippen LogP contribution in [0.1, 0.15) is 0 Å². The third kappa shape index (κ3) is 6.41. The van der Waals surface area contributed by atoms with Gasteiger partial charge in [0.05, 0.1) is 19.8 Å². The third-order valence-electron chi connectivity index (χ3n) is 3.33. The molecule has 0 radical (unpaired) electrons. The number of ether oxygens (including phenoxy) is 1. The van der Waals surface area contributed by atoms with E-state index in [0.717, 1.165) is 19.6 Å². The summed E-state index contributed by atoms with van der Waals surface area (Å²) in [7, 11) is 0. The Hall–Kier alpha value is -1.66. The summed E-state index contributed by atoms with van der Waals surface area (Å²) in [6, 6.07) is 1.93. The fourth-order valence-corrected chi connectivity index (χ4v) is 2.14. The number of amides is 1. The lowest BCUT2D eigenvalue weighted by molar-refractivity contribution is -0.128. The molecule has 0 atom stereocenters. The first kappa shape index (κ1) is 18.4. The molecular weight excluding hydrogens is 286 g/mol. The quantitative estimate of drug-likeness (QED) is 0.259. The highest BCUT2D eigenvalue weighted by Crippen LogP contribution is 2.06. The molecule has 0 aliphatic carbocycles. The van der Waals surface area contributed by atoms with E-state index in [2.05, 4.69) is 10.2 Å². The van der Waals surface area contributed by atoms with Crippen LogP contribution in [0, 0.1) is 11.3 Å². The smallest absolute Gasteiger partial charge is 0.266 e. The van der Waals surface area contributed by atoms with E-state index in [1.54, 1.807) is 4.90 Å². The second-order valence-corrected chi connectivity index (χ2v) is 4.88. The second-order valence-electron chi connectivity index (χ2n) is 4.88. The van der Waals surface area contributed by atoms with Crippen molar-refractivity contribution in [1.29, 1.82) is 5.26 Å². The number of aliphatic hydroxyl groups is 1. The highest BCUT2D eigenvalue weighted by atomic mass is 16.5. The number of nitrogens with two attached hydrogens (primary N) is 1. The fourth-order valence-electron chi connectivity index (χ4n) is 2.14. The van der Waals surface area contributed by atoms with Crippen LogP contribution in [-0.2, 0) is 9.53 Å². The molecule has 0 aromatic carbocycles. The van der Waals surface area contributed by atoms with Gasteiger partial charge < -0.3 is 25.8 Å². The molecule has 4 N–H and O–H groups in total. The van der Waals surface area contributed by atoms with Crippen molar-refractivity contribution in [3.63, 3.8) is 0 Å². The van der Waals surface area contributed by atoms with Crippen LogP contribution in [0.2, 0.25) is 0 Å². The molecule has 0 bridgehead atoms. The van der Waals surface area contributed by atoms with Crippen LogP contribution in [0.4, 0.5) is 0 Å². The number of hydrogen-bond donors (Lipinski definition) is 3. The minimum absolute atomic E-state index is 0.0199. The zero-order chi connectivity index (χ0) is 16.2. The Labute approximate surface area is 131 Å². The number of hydrogen-bond acceptors (Lipinski definition) is 7. The Morgan fingerprint density at radius 3 is 2.68 bits per heavy atom. The third-order valence-corrected chi connectivity index (χ3v) is 3.33. The van der Waals surface area contributed by atoms with Crippen molar-refractivity contribution >= 4 is 5.91 Å². The van der Waals surface area contributed by atoms with Gasteiger partial charge in [0.1, 0.15) is 11.6 Å². The van der Waals surface area contributed by atoms with E-state index in [0.29, 0.717) is 32.8 Å². The van der Waals surface area contributed by atoms with Gasteiger partial charge in [-0.25, -0.2) is 0 Å². The summed E-state index contributed by atoms with van der Waals surface area (Å²) in [5, 5.41) is 20.5. The van der Waals surface area contributed by atoms with Gasteiger partial charge >= 0.3 is 0 Å². The van der Waals surface area contributed by atoms with E-state index in [1.807, 2.05) is 6.07 Å². The molecule has 0 aromatic rings. The van der Waals surface area contributed by atoms with Crippen LogP contribution in [-0.4, -0.2) is 86.4 Å². The van der Waals surface area contributed by atoms with Crippen LogP contribution in [0.15, 0.2) is 11.8 Å². The molecule has 1 fully saturated rings. The van der Waals surface area contributed by atoms with Crippen LogP contribution < -0.4 is 11.1 Å². The summed E-state index contributed by atoms with van der Waals surface area (Å²) in [6.07, 6.45) is 1.43. The normalized spacial score (nSPS) is 16.4. The standard InChI is InChI=1S/C14H25N5O3/c15-1-3-18-4-6-19(7-5-18)14(21)13(11-16)12-17-2-9-22-10-8-20/h12,17,20H,1-10,15H2/b13-12-. The summed E-state index contributed by atoms with van der Waals surface area (Å²) >= 11 is 0. The average molecular weight is 311 g/mol. The SMILES string of the molecule is N#C/C(=C/NCCOCCO)C(=O)N1CCN(CCN)CC1. The van der Waals surface area contributed by atoms with Gasteiger partial charge in [0.15, 0.2) is 0 Å². The number of carbonyl (C=O) groups excluding carboxylic acids is 1. The lowest BCUT2D eigenvalue weighted by atomic mass is 10.2. The molecule has 1 aliphatic rings. The van der Waals surface area contributed by atoms with Crippen molar-refractivity contribution in [2.24, 2.45) is 5.73 Å². The molecule has 22 heavy (non-hydrogen) atoms. The lowest BCUT2D eigenvalue weighted by Crippen LogP contribution is -2.50. The molecule has 0 aromatic heterocycles. The van der Waals surface area contributed by atoms with Gasteiger partial charge in [-0.2, -0.15) is 5.26 Å². The van der Waals surface area contributed by atoms with Gasteiger partial charge in [-0.1, -0.05) is 0 Å². The molecule has 1 heterocycles. The van der Waals surface area contributed by atoms with Crippen LogP contribution >= 0.6 is 0 Å². The number of carbonyl (C=O) groups is 1. The highest BCUT2D eigenvalue weighted by Gasteiger charge is 2.23. The number of nitrogens with zero attached hydrogens (tertiary/aromatic N) is 3. The van der Waals surface area contributed by atoms with Crippen molar-refractivity contribution in [3.8, 4) is 6.07 Å². The van der Waals surface area contributed by atoms with Gasteiger partial charge in [0, 0.05) is 52.0 Å². The molecular formula is C14H25N5O3. The Bertz CT molecular complexity index is 400. The van der Waals surface area contributed by atoms with Gasteiger partial charge in [-0.05, 0) is 0 Å². The Kier molecular flexibility index (Phi) is 9.18. The predicted molar refractivity (Wildman–Crippen MR) is 81.7 cm³/mol. The van der Waals surface area contributed by atoms with E-state index in [4.69, 9.17) is 20.8 Å². The number of nitrogens with one attached hydrogen (secondary N) is 1. The summed E-state index contributed by atoms with van der Waals surface area (Å²) in [5.41, 5.74) is 5.61. The first-order valence-electron chi connectivity index (χ1n) is 7.47. The van der Waals surface area contributed by atoms with Gasteiger partial charge in [0.25, 0.3) is 5.91 Å². The van der Waals surface area contributed by atoms with Crippen molar-refractivity contribution in [1.82, 2.24) is 15.1 Å². The summed E-state index contributed by atoms with van der Waals surface area (Å²) in [6.45, 7) is 5.36. The van der Waals surface area contributed by atoms with Crippen molar-refractivity contribution in [2.45, 2.75) is 0 Å². The van der Waals surface area contributed by atoms with Crippen molar-refractivity contribution < 1.29 is 14.6 Å². The maximum atomic E-state index is 12.2. The number of aliphatic hydroxyl groups excluding tert-OH is 1. The first-order valence-corrected chi connectivity index (χ1v) is 7.47. The zero-order valence-electron chi connectivity index (χ0n) is 12.8. The maximum absolute atomic E-state index is 12.2. The van der Waals surface area contributed by atoms with Crippen LogP contribution in [0.25, 0.3) is 0 Å². The summed E-state index contributed by atoms with van der Waals surface area (Å²) < 4.78 is 5.07. The molecule has 1 aliphatic heterocycles. The number of rotatable bonds is 9. The molecule has 1 saturated heterocycles. The van der Waals surface area contributed by atoms with E-state index >= 15 is 0 Å². The fraction of sp³-hybridized carbons (Fsp3) is 0.714. The zero-order valence-corrected chi connectivity index (χ0v) is 12.8. The van der Waals surface area contributed by atoms with E-state index in [1.165, 1.54) is 6.20 Å². The average Bonchev–Trinajstić information content (AvgIpc) is 2.55. The first-order chi connectivity index (χ1) is 10.7. The summed E-state index contributed by atoms with van der Waals surface area (Å²) in [4.78, 5) is 16.1. The second kappa shape index (κ2) is 11.0. The molecule has 8 nitrogen and oxygen atoms in total. The van der Waals surface area contributed by atoms with Gasteiger partial charge in [0.2, 0.25) is 0 Å². The Morgan fingerprint density at radius 1 is 1.36 bits per heavy atom. The molecule has 1 rings (SSSR count). The minimum atomic E-state index is -0.251. The Morgan fingerprint density at radius 2 is 2.09 bits per heavy atom. The Balaban J connectivity index is 2.36. The molecule has 8 heteroatoms. The van der Waals surface area contributed by atoms with Gasteiger partial charge in [-0.15, -0.1) is 0 Å². The molecule has 0 spiro atoms. The minimum Gasteiger partial charge on any atom is -0.394 e. The van der Waals surface area contributed by atoms with Crippen molar-refractivity contribution in [2.75, 3.05) is 65.6 Å². The predicted octanol–water partition coefficient (Wildman–Crippen LogP) is -1.90. The van der Waals surface area contributed by atoms with Crippen molar-refractivity contribution in [3.05, 3.63) is 11.8 Å². The molecule has 124 valence electrons. The largest absolute Gasteiger partial charge is 0.394 e. The van der Waals surface area contributed by atoms with Crippen LogP contribution in [0.5, 0.6) is 0 Å². The monoisotopic (exact) mass is 311 g/mol.